The summed E-state index contributed by atoms with van der Waals surface area (Å²) in [5, 5.41) is 23.3. The average Bonchev–Trinajstić information content (AvgIpc) is 2.58. The highest BCUT2D eigenvalue weighted by Crippen LogP contribution is 2.34. The van der Waals surface area contributed by atoms with E-state index in [-0.39, 0.29) is 5.75 Å². The highest BCUT2D eigenvalue weighted by Gasteiger charge is 2.11. The number of nitrogens with zero attached hydrogens (tertiary/aromatic N) is 3. The fourth-order valence-electron chi connectivity index (χ4n) is 2.21. The van der Waals surface area contributed by atoms with Gasteiger partial charge in [-0.05, 0) is 46.6 Å². The number of rotatable bonds is 6. The number of aromatic nitrogens is 1. The molecule has 8 heteroatoms. The lowest BCUT2D eigenvalue weighted by molar-refractivity contribution is 0.184. The fourth-order valence-corrected chi connectivity index (χ4v) is 2.67. The van der Waals surface area contributed by atoms with Gasteiger partial charge < -0.3 is 14.6 Å². The van der Waals surface area contributed by atoms with Crippen LogP contribution in [0.4, 0.5) is 5.82 Å². The molecule has 0 saturated carbocycles. The number of hydrogen-bond acceptors (Lipinski definition) is 7. The molecular formula is C17H17BrN4O3. The lowest BCUT2D eigenvalue weighted by Gasteiger charge is -2.09. The summed E-state index contributed by atoms with van der Waals surface area (Å²) >= 11 is 3.25. The van der Waals surface area contributed by atoms with Gasteiger partial charge in [-0.2, -0.15) is 10.4 Å². The lowest BCUT2D eigenvalue weighted by atomic mass is 10.1. The number of anilines is 1. The van der Waals surface area contributed by atoms with Gasteiger partial charge >= 0.3 is 0 Å². The van der Waals surface area contributed by atoms with Crippen molar-refractivity contribution in [3.05, 3.63) is 45.1 Å². The number of hydrazone groups is 1. The molecule has 1 heterocycles. The zero-order valence-corrected chi connectivity index (χ0v) is 15.6. The van der Waals surface area contributed by atoms with Gasteiger partial charge in [0.25, 0.3) is 0 Å². The minimum atomic E-state index is 0.0175. The van der Waals surface area contributed by atoms with Gasteiger partial charge in [-0.3, -0.25) is 5.43 Å². The van der Waals surface area contributed by atoms with Crippen LogP contribution >= 0.6 is 15.9 Å². The van der Waals surface area contributed by atoms with Crippen molar-refractivity contribution >= 4 is 28.0 Å². The Morgan fingerprint density at radius 2 is 2.16 bits per heavy atom. The summed E-state index contributed by atoms with van der Waals surface area (Å²) in [7, 11) is 3.03. The lowest BCUT2D eigenvalue weighted by Crippen LogP contribution is -2.03. The monoisotopic (exact) mass is 404 g/mol. The van der Waals surface area contributed by atoms with Gasteiger partial charge in [-0.15, -0.1) is 0 Å². The maximum absolute atomic E-state index is 9.82. The molecular weight excluding hydrogens is 388 g/mol. The van der Waals surface area contributed by atoms with E-state index in [9.17, 15) is 10.4 Å². The molecule has 2 N–H and O–H groups in total. The molecule has 0 spiro atoms. The predicted molar refractivity (Wildman–Crippen MR) is 98.0 cm³/mol. The minimum absolute atomic E-state index is 0.0175. The number of halogens is 1. The van der Waals surface area contributed by atoms with Gasteiger partial charge in [0.2, 0.25) is 0 Å². The first-order chi connectivity index (χ1) is 12.0. The Bertz CT molecular complexity index is 847. The Kier molecular flexibility index (Phi) is 6.33. The minimum Gasteiger partial charge on any atom is -0.503 e. The number of pyridine rings is 1. The standard InChI is InChI=1S/C17H17BrN4O3/c1-10-4-12(9-24-2)13(7-19)17(21-10)22-20-8-11-5-14(18)16(23)15(6-11)25-3/h4-6,8,23H,9H2,1-3H3,(H,21,22). The third-order valence-corrected chi connectivity index (χ3v) is 3.90. The van der Waals surface area contributed by atoms with E-state index < -0.39 is 0 Å². The molecule has 0 radical (unpaired) electrons. The summed E-state index contributed by atoms with van der Waals surface area (Å²) in [5.74, 6) is 0.698. The second-order valence-corrected chi connectivity index (χ2v) is 5.97. The van der Waals surface area contributed by atoms with Gasteiger partial charge in [0.1, 0.15) is 11.6 Å². The van der Waals surface area contributed by atoms with Crippen LogP contribution in [0.2, 0.25) is 0 Å². The molecule has 0 bridgehead atoms. The average molecular weight is 405 g/mol. The number of benzene rings is 1. The molecule has 0 aliphatic heterocycles. The summed E-state index contributed by atoms with van der Waals surface area (Å²) < 4.78 is 10.7. The summed E-state index contributed by atoms with van der Waals surface area (Å²) in [4.78, 5) is 4.31. The number of nitrogens with one attached hydrogen (secondary N) is 1. The van der Waals surface area contributed by atoms with Gasteiger partial charge in [0.05, 0.1) is 24.4 Å². The van der Waals surface area contributed by atoms with Crippen LogP contribution in [0.5, 0.6) is 11.5 Å². The number of ether oxygens (including phenoxy) is 2. The van der Waals surface area contributed by atoms with Crippen LogP contribution in [0.3, 0.4) is 0 Å². The quantitative estimate of drug-likeness (QED) is 0.565. The van der Waals surface area contributed by atoms with E-state index in [0.29, 0.717) is 33.8 Å². The highest BCUT2D eigenvalue weighted by molar-refractivity contribution is 9.10. The Morgan fingerprint density at radius 3 is 2.80 bits per heavy atom. The fraction of sp³-hybridized carbons (Fsp3) is 0.235. The zero-order valence-electron chi connectivity index (χ0n) is 14.0. The zero-order chi connectivity index (χ0) is 18.4. The molecule has 1 aromatic heterocycles. The largest absolute Gasteiger partial charge is 0.503 e. The van der Waals surface area contributed by atoms with Gasteiger partial charge in [0.15, 0.2) is 17.3 Å². The van der Waals surface area contributed by atoms with E-state index in [0.717, 1.165) is 11.3 Å². The molecule has 1 aromatic carbocycles. The Morgan fingerprint density at radius 1 is 1.40 bits per heavy atom. The second kappa shape index (κ2) is 8.46. The SMILES string of the molecule is COCc1cc(C)nc(NN=Cc2cc(Br)c(O)c(OC)c2)c1C#N. The molecule has 0 aliphatic carbocycles. The predicted octanol–water partition coefficient (Wildman–Crippen LogP) is 3.33. The molecule has 25 heavy (non-hydrogen) atoms. The van der Waals surface area contributed by atoms with Crippen LogP contribution in [0.15, 0.2) is 27.8 Å². The van der Waals surface area contributed by atoms with Crippen molar-refractivity contribution in [2.45, 2.75) is 13.5 Å². The van der Waals surface area contributed by atoms with E-state index >= 15 is 0 Å². The number of hydrogen-bond donors (Lipinski definition) is 2. The number of aryl methyl sites for hydroxylation is 1. The van der Waals surface area contributed by atoms with E-state index in [4.69, 9.17) is 9.47 Å². The van der Waals surface area contributed by atoms with Crippen molar-refractivity contribution in [2.75, 3.05) is 19.6 Å². The molecule has 0 aliphatic rings. The van der Waals surface area contributed by atoms with Gasteiger partial charge in [-0.1, -0.05) is 0 Å². The maximum atomic E-state index is 9.82. The highest BCUT2D eigenvalue weighted by atomic mass is 79.9. The molecule has 0 saturated heterocycles. The number of aromatic hydroxyl groups is 1. The first-order valence-electron chi connectivity index (χ1n) is 7.25. The smallest absolute Gasteiger partial charge is 0.172 e. The summed E-state index contributed by atoms with van der Waals surface area (Å²) in [6, 6.07) is 7.25. The van der Waals surface area contributed by atoms with Crippen molar-refractivity contribution < 1.29 is 14.6 Å². The maximum Gasteiger partial charge on any atom is 0.172 e. The van der Waals surface area contributed by atoms with Crippen molar-refractivity contribution in [3.8, 4) is 17.6 Å². The van der Waals surface area contributed by atoms with Crippen molar-refractivity contribution in [1.82, 2.24) is 4.98 Å². The third kappa shape index (κ3) is 4.47. The van der Waals surface area contributed by atoms with E-state index in [1.54, 1.807) is 25.3 Å². The Balaban J connectivity index is 2.28. The van der Waals surface area contributed by atoms with Gasteiger partial charge in [-0.25, -0.2) is 4.98 Å². The van der Waals surface area contributed by atoms with Crippen LogP contribution in [0, 0.1) is 18.3 Å². The van der Waals surface area contributed by atoms with Crippen molar-refractivity contribution in [1.29, 1.82) is 5.26 Å². The van der Waals surface area contributed by atoms with Crippen LogP contribution in [0.1, 0.15) is 22.4 Å². The first-order valence-corrected chi connectivity index (χ1v) is 8.04. The summed E-state index contributed by atoms with van der Waals surface area (Å²) in [5.41, 5.74) is 5.35. The molecule has 2 aromatic rings. The molecule has 0 unspecified atom stereocenters. The molecule has 0 amide bonds. The summed E-state index contributed by atoms with van der Waals surface area (Å²) in [6.07, 6.45) is 1.54. The van der Waals surface area contributed by atoms with Crippen LogP contribution in [-0.2, 0) is 11.3 Å². The third-order valence-electron chi connectivity index (χ3n) is 3.30. The number of phenolic OH excluding ortho intramolecular Hbond substituents is 1. The number of nitriles is 1. The molecule has 0 atom stereocenters. The van der Waals surface area contributed by atoms with Crippen molar-refractivity contribution in [3.63, 3.8) is 0 Å². The van der Waals surface area contributed by atoms with Crippen molar-refractivity contribution in [2.24, 2.45) is 5.10 Å². The Labute approximate surface area is 154 Å². The van der Waals surface area contributed by atoms with Crippen LogP contribution in [-0.4, -0.2) is 30.5 Å². The molecule has 130 valence electrons. The number of methoxy groups -OCH3 is 2. The second-order valence-electron chi connectivity index (χ2n) is 5.11. The Hall–Kier alpha value is -2.63. The molecule has 7 nitrogen and oxygen atoms in total. The normalized spacial score (nSPS) is 10.7. The molecule has 0 fully saturated rings. The van der Waals surface area contributed by atoms with E-state index in [1.807, 2.05) is 6.92 Å². The number of phenols is 1. The van der Waals surface area contributed by atoms with E-state index in [1.165, 1.54) is 13.3 Å². The summed E-state index contributed by atoms with van der Waals surface area (Å²) in [6.45, 7) is 2.14. The van der Waals surface area contributed by atoms with E-state index in [2.05, 4.69) is 37.5 Å². The van der Waals surface area contributed by atoms with Crippen LogP contribution < -0.4 is 10.2 Å². The van der Waals surface area contributed by atoms with Gasteiger partial charge in [0, 0.05) is 18.4 Å². The molecule has 2 rings (SSSR count). The first kappa shape index (κ1) is 18.7. The van der Waals surface area contributed by atoms with Crippen LogP contribution in [0.25, 0.3) is 0 Å². The topological polar surface area (TPSA) is 99.8 Å².